The van der Waals surface area contributed by atoms with Gasteiger partial charge in [0, 0.05) is 32.7 Å². The lowest BCUT2D eigenvalue weighted by Gasteiger charge is -2.49. The Labute approximate surface area is 144 Å². The maximum atomic E-state index is 12.1. The molecule has 5 nitrogen and oxygen atoms in total. The highest BCUT2D eigenvalue weighted by Crippen LogP contribution is 2.33. The lowest BCUT2D eigenvalue weighted by molar-refractivity contribution is -0.189. The van der Waals surface area contributed by atoms with E-state index in [0.717, 1.165) is 57.5 Å². The number of nitrogens with zero attached hydrogens (tertiary/aromatic N) is 2. The lowest BCUT2D eigenvalue weighted by Crippen LogP contribution is -2.61. The number of hydrogen-bond acceptors (Lipinski definition) is 4. The van der Waals surface area contributed by atoms with Gasteiger partial charge in [-0.25, -0.2) is 0 Å². The summed E-state index contributed by atoms with van der Waals surface area (Å²) in [5, 5.41) is 9.87. The fourth-order valence-corrected chi connectivity index (χ4v) is 3.87. The highest BCUT2D eigenvalue weighted by molar-refractivity contribution is 5.81. The normalized spacial score (nSPS) is 24.5. The highest BCUT2D eigenvalue weighted by atomic mass is 16.5. The average Bonchev–Trinajstić information content (AvgIpc) is 2.59. The Balaban J connectivity index is 1.54. The molecule has 1 spiro atoms. The SMILES string of the molecule is CCN1CC2(CCN(CCc3ccccc3O)CC2)OC(C)C1=O. The summed E-state index contributed by atoms with van der Waals surface area (Å²) < 4.78 is 6.13. The molecule has 1 amide bonds. The molecule has 3 rings (SSSR count). The van der Waals surface area contributed by atoms with Crippen molar-refractivity contribution in [2.24, 2.45) is 0 Å². The van der Waals surface area contributed by atoms with Crippen LogP contribution in [0.1, 0.15) is 32.3 Å². The number of piperidine rings is 1. The molecule has 1 aromatic rings. The first-order valence-electron chi connectivity index (χ1n) is 8.99. The number of likely N-dealkylation sites (N-methyl/N-ethyl adjacent to an activating group) is 1. The monoisotopic (exact) mass is 332 g/mol. The molecule has 2 aliphatic heterocycles. The van der Waals surface area contributed by atoms with E-state index >= 15 is 0 Å². The van der Waals surface area contributed by atoms with Crippen LogP contribution < -0.4 is 0 Å². The quantitative estimate of drug-likeness (QED) is 0.917. The zero-order chi connectivity index (χ0) is 17.2. The second-order valence-corrected chi connectivity index (χ2v) is 7.02. The lowest BCUT2D eigenvalue weighted by atomic mass is 9.88. The van der Waals surface area contributed by atoms with Gasteiger partial charge in [-0.3, -0.25) is 4.79 Å². The average molecular weight is 332 g/mol. The number of amides is 1. The topological polar surface area (TPSA) is 53.0 Å². The van der Waals surface area contributed by atoms with E-state index in [1.54, 1.807) is 6.07 Å². The van der Waals surface area contributed by atoms with Crippen LogP contribution in [0.5, 0.6) is 5.75 Å². The number of phenols is 1. The molecule has 0 aliphatic carbocycles. The second-order valence-electron chi connectivity index (χ2n) is 7.02. The molecular formula is C19H28N2O3. The Hall–Kier alpha value is -1.59. The Morgan fingerprint density at radius 2 is 2.00 bits per heavy atom. The molecule has 1 aromatic carbocycles. The van der Waals surface area contributed by atoms with Crippen LogP contribution in [0.15, 0.2) is 24.3 Å². The number of carbonyl (C=O) groups is 1. The molecule has 24 heavy (non-hydrogen) atoms. The van der Waals surface area contributed by atoms with Crippen molar-refractivity contribution in [3.63, 3.8) is 0 Å². The minimum atomic E-state index is -0.327. The van der Waals surface area contributed by atoms with Gasteiger partial charge >= 0.3 is 0 Å². The predicted octanol–water partition coefficient (Wildman–Crippen LogP) is 2.04. The number of aromatic hydroxyl groups is 1. The van der Waals surface area contributed by atoms with E-state index in [1.165, 1.54) is 0 Å². The smallest absolute Gasteiger partial charge is 0.251 e. The van der Waals surface area contributed by atoms with E-state index < -0.39 is 0 Å². The first-order chi connectivity index (χ1) is 11.5. The van der Waals surface area contributed by atoms with Gasteiger partial charge in [0.2, 0.25) is 0 Å². The number of para-hydroxylation sites is 1. The van der Waals surface area contributed by atoms with Crippen LogP contribution in [0, 0.1) is 0 Å². The van der Waals surface area contributed by atoms with Crippen molar-refractivity contribution in [3.05, 3.63) is 29.8 Å². The second kappa shape index (κ2) is 7.11. The number of likely N-dealkylation sites (tertiary alicyclic amines) is 1. The van der Waals surface area contributed by atoms with Gasteiger partial charge in [-0.1, -0.05) is 18.2 Å². The Kier molecular flexibility index (Phi) is 5.11. The predicted molar refractivity (Wildman–Crippen MR) is 93.0 cm³/mol. The summed E-state index contributed by atoms with van der Waals surface area (Å²) in [4.78, 5) is 16.5. The Bertz CT molecular complexity index is 582. The van der Waals surface area contributed by atoms with E-state index in [2.05, 4.69) is 4.90 Å². The largest absolute Gasteiger partial charge is 0.508 e. The molecule has 0 aromatic heterocycles. The molecule has 1 atom stereocenters. The molecule has 2 heterocycles. The van der Waals surface area contributed by atoms with Crippen molar-refractivity contribution in [2.75, 3.05) is 32.7 Å². The van der Waals surface area contributed by atoms with E-state index in [4.69, 9.17) is 4.74 Å². The molecular weight excluding hydrogens is 304 g/mol. The number of ether oxygens (including phenoxy) is 1. The van der Waals surface area contributed by atoms with Crippen molar-refractivity contribution in [3.8, 4) is 5.75 Å². The van der Waals surface area contributed by atoms with Gasteiger partial charge in [-0.2, -0.15) is 0 Å². The number of benzene rings is 1. The maximum absolute atomic E-state index is 12.1. The highest BCUT2D eigenvalue weighted by Gasteiger charge is 2.44. The van der Waals surface area contributed by atoms with E-state index in [0.29, 0.717) is 5.75 Å². The van der Waals surface area contributed by atoms with Gasteiger partial charge in [0.1, 0.15) is 11.9 Å². The van der Waals surface area contributed by atoms with Gasteiger partial charge in [-0.05, 0) is 44.7 Å². The molecule has 1 N–H and O–H groups in total. The first kappa shape index (κ1) is 17.2. The zero-order valence-corrected chi connectivity index (χ0v) is 14.7. The number of hydrogen-bond donors (Lipinski definition) is 1. The van der Waals surface area contributed by atoms with Crippen molar-refractivity contribution in [2.45, 2.75) is 44.8 Å². The molecule has 2 fully saturated rings. The summed E-state index contributed by atoms with van der Waals surface area (Å²) in [6.45, 7) is 8.28. The van der Waals surface area contributed by atoms with Gasteiger partial charge in [-0.15, -0.1) is 0 Å². The molecule has 0 bridgehead atoms. The van der Waals surface area contributed by atoms with Gasteiger partial charge in [0.15, 0.2) is 0 Å². The Morgan fingerprint density at radius 3 is 2.67 bits per heavy atom. The summed E-state index contributed by atoms with van der Waals surface area (Å²) in [5.74, 6) is 0.498. The van der Waals surface area contributed by atoms with Crippen LogP contribution in [0.3, 0.4) is 0 Å². The fraction of sp³-hybridized carbons (Fsp3) is 0.632. The van der Waals surface area contributed by atoms with Gasteiger partial charge < -0.3 is 19.6 Å². The van der Waals surface area contributed by atoms with E-state index in [9.17, 15) is 9.90 Å². The summed E-state index contributed by atoms with van der Waals surface area (Å²) in [6, 6.07) is 7.55. The summed E-state index contributed by atoms with van der Waals surface area (Å²) >= 11 is 0. The van der Waals surface area contributed by atoms with Crippen LogP contribution in [-0.2, 0) is 16.0 Å². The molecule has 0 saturated carbocycles. The van der Waals surface area contributed by atoms with Crippen LogP contribution in [-0.4, -0.2) is 65.2 Å². The van der Waals surface area contributed by atoms with Crippen molar-refractivity contribution in [1.82, 2.24) is 9.80 Å². The molecule has 2 aliphatic rings. The van der Waals surface area contributed by atoms with Crippen LogP contribution in [0.4, 0.5) is 0 Å². The van der Waals surface area contributed by atoms with E-state index in [1.807, 2.05) is 36.9 Å². The van der Waals surface area contributed by atoms with Crippen LogP contribution >= 0.6 is 0 Å². The number of phenolic OH excluding ortho intramolecular Hbond substituents is 1. The summed E-state index contributed by atoms with van der Waals surface area (Å²) in [7, 11) is 0. The maximum Gasteiger partial charge on any atom is 0.251 e. The number of morpholine rings is 1. The van der Waals surface area contributed by atoms with Crippen molar-refractivity contribution < 1.29 is 14.6 Å². The molecule has 1 unspecified atom stereocenters. The zero-order valence-electron chi connectivity index (χ0n) is 14.7. The van der Waals surface area contributed by atoms with Crippen LogP contribution in [0.25, 0.3) is 0 Å². The third-order valence-electron chi connectivity index (χ3n) is 5.40. The molecule has 132 valence electrons. The fourth-order valence-electron chi connectivity index (χ4n) is 3.87. The van der Waals surface area contributed by atoms with E-state index in [-0.39, 0.29) is 17.6 Å². The van der Waals surface area contributed by atoms with Crippen molar-refractivity contribution in [1.29, 1.82) is 0 Å². The summed E-state index contributed by atoms with van der Waals surface area (Å²) in [6.07, 6.45) is 2.45. The standard InChI is InChI=1S/C19H28N2O3/c1-3-21-14-19(24-15(2)18(21)23)9-12-20(13-10-19)11-8-16-6-4-5-7-17(16)22/h4-7,15,22H,3,8-14H2,1-2H3. The number of rotatable bonds is 4. The summed E-state index contributed by atoms with van der Waals surface area (Å²) in [5.41, 5.74) is 0.831. The molecule has 5 heteroatoms. The number of carbonyl (C=O) groups excluding carboxylic acids is 1. The minimum absolute atomic E-state index is 0.116. The van der Waals surface area contributed by atoms with Gasteiger partial charge in [0.25, 0.3) is 5.91 Å². The van der Waals surface area contributed by atoms with Gasteiger partial charge in [0.05, 0.1) is 5.60 Å². The minimum Gasteiger partial charge on any atom is -0.508 e. The molecule has 0 radical (unpaired) electrons. The third kappa shape index (κ3) is 3.57. The first-order valence-corrected chi connectivity index (χ1v) is 8.99. The molecule has 2 saturated heterocycles. The van der Waals surface area contributed by atoms with Crippen LogP contribution in [0.2, 0.25) is 0 Å². The third-order valence-corrected chi connectivity index (χ3v) is 5.40. The Morgan fingerprint density at radius 1 is 1.29 bits per heavy atom. The van der Waals surface area contributed by atoms with Crippen molar-refractivity contribution >= 4 is 5.91 Å².